The quantitative estimate of drug-likeness (QED) is 0.472. The van der Waals surface area contributed by atoms with E-state index in [4.69, 9.17) is 0 Å². The van der Waals surface area contributed by atoms with Crippen molar-refractivity contribution < 1.29 is 14.4 Å². The Morgan fingerprint density at radius 3 is 1.76 bits per heavy atom. The largest absolute Gasteiger partial charge is 0.359 e. The molecular weight excluding hydrogens is 270 g/mol. The molecule has 6 nitrogen and oxygen atoms in total. The smallest absolute Gasteiger partial charge is 0.219 e. The molecule has 0 saturated carbocycles. The minimum Gasteiger partial charge on any atom is -0.359 e. The van der Waals surface area contributed by atoms with Gasteiger partial charge in [0.05, 0.1) is 0 Å². The fourth-order valence-electron chi connectivity index (χ4n) is 1.88. The van der Waals surface area contributed by atoms with Gasteiger partial charge in [0.1, 0.15) is 0 Å². The van der Waals surface area contributed by atoms with Crippen LogP contribution in [0.1, 0.15) is 58.3 Å². The molecule has 122 valence electrons. The fraction of sp³-hybridized carbons (Fsp3) is 0.800. The van der Waals surface area contributed by atoms with Gasteiger partial charge in [-0.05, 0) is 25.7 Å². The molecule has 0 unspecified atom stereocenters. The van der Waals surface area contributed by atoms with Gasteiger partial charge in [-0.15, -0.1) is 0 Å². The van der Waals surface area contributed by atoms with Crippen molar-refractivity contribution in [3.05, 3.63) is 0 Å². The zero-order valence-corrected chi connectivity index (χ0v) is 13.3. The highest BCUT2D eigenvalue weighted by molar-refractivity contribution is 5.76. The molecule has 6 heteroatoms. The molecule has 0 bridgehead atoms. The van der Waals surface area contributed by atoms with Gasteiger partial charge in [-0.2, -0.15) is 0 Å². The van der Waals surface area contributed by atoms with Crippen LogP contribution in [0, 0.1) is 0 Å². The lowest BCUT2D eigenvalue weighted by Crippen LogP contribution is -2.24. The van der Waals surface area contributed by atoms with Crippen LogP contribution >= 0.6 is 0 Å². The molecule has 0 aliphatic carbocycles. The Labute approximate surface area is 127 Å². The highest BCUT2D eigenvalue weighted by atomic mass is 16.2. The molecule has 0 atom stereocenters. The fourth-order valence-corrected chi connectivity index (χ4v) is 1.88. The molecular formula is C15H29N3O3. The lowest BCUT2D eigenvalue weighted by molar-refractivity contribution is -0.122. The van der Waals surface area contributed by atoms with E-state index in [0.29, 0.717) is 19.4 Å². The van der Waals surface area contributed by atoms with Crippen molar-refractivity contribution in [3.8, 4) is 0 Å². The molecule has 0 aromatic carbocycles. The van der Waals surface area contributed by atoms with E-state index in [1.807, 2.05) is 0 Å². The Kier molecular flexibility index (Phi) is 12.4. The SMILES string of the molecule is CNC(=O)CCCCC(=O)NCCCCCCNC(C)=O. The molecule has 3 amide bonds. The van der Waals surface area contributed by atoms with Crippen molar-refractivity contribution >= 4 is 17.7 Å². The van der Waals surface area contributed by atoms with Crippen molar-refractivity contribution in [3.63, 3.8) is 0 Å². The van der Waals surface area contributed by atoms with Crippen LogP contribution in [-0.2, 0) is 14.4 Å². The lowest BCUT2D eigenvalue weighted by Gasteiger charge is -2.05. The van der Waals surface area contributed by atoms with Crippen LogP contribution in [0.15, 0.2) is 0 Å². The lowest BCUT2D eigenvalue weighted by atomic mass is 10.1. The normalized spacial score (nSPS) is 10.0. The average Bonchev–Trinajstić information content (AvgIpc) is 2.45. The van der Waals surface area contributed by atoms with Gasteiger partial charge in [0.25, 0.3) is 0 Å². The minimum atomic E-state index is 0.0127. The molecule has 0 aliphatic heterocycles. The van der Waals surface area contributed by atoms with Crippen LogP contribution in [0.5, 0.6) is 0 Å². The van der Waals surface area contributed by atoms with Gasteiger partial charge < -0.3 is 16.0 Å². The van der Waals surface area contributed by atoms with Crippen LogP contribution in [0.2, 0.25) is 0 Å². The van der Waals surface area contributed by atoms with Gasteiger partial charge >= 0.3 is 0 Å². The van der Waals surface area contributed by atoms with E-state index >= 15 is 0 Å². The molecule has 21 heavy (non-hydrogen) atoms. The molecule has 0 fully saturated rings. The molecule has 0 aliphatic rings. The van der Waals surface area contributed by atoms with Crippen molar-refractivity contribution in [1.29, 1.82) is 0 Å². The summed E-state index contributed by atoms with van der Waals surface area (Å²) in [5, 5.41) is 8.20. The van der Waals surface area contributed by atoms with E-state index in [0.717, 1.165) is 45.1 Å². The van der Waals surface area contributed by atoms with Crippen LogP contribution in [-0.4, -0.2) is 37.9 Å². The second-order valence-corrected chi connectivity index (χ2v) is 5.13. The Morgan fingerprint density at radius 1 is 0.714 bits per heavy atom. The number of carbonyl (C=O) groups excluding carboxylic acids is 3. The molecule has 0 radical (unpaired) electrons. The van der Waals surface area contributed by atoms with Crippen LogP contribution in [0.4, 0.5) is 0 Å². The van der Waals surface area contributed by atoms with Gasteiger partial charge in [0.2, 0.25) is 17.7 Å². The average molecular weight is 299 g/mol. The maximum Gasteiger partial charge on any atom is 0.219 e. The molecule has 0 aromatic heterocycles. The number of carbonyl (C=O) groups is 3. The van der Waals surface area contributed by atoms with Crippen molar-refractivity contribution in [2.24, 2.45) is 0 Å². The second kappa shape index (κ2) is 13.4. The summed E-state index contributed by atoms with van der Waals surface area (Å²) >= 11 is 0. The first-order valence-corrected chi connectivity index (χ1v) is 7.78. The summed E-state index contributed by atoms with van der Waals surface area (Å²) < 4.78 is 0. The van der Waals surface area contributed by atoms with E-state index in [2.05, 4.69) is 16.0 Å². The molecule has 0 spiro atoms. The van der Waals surface area contributed by atoms with E-state index < -0.39 is 0 Å². The van der Waals surface area contributed by atoms with Crippen molar-refractivity contribution in [1.82, 2.24) is 16.0 Å². The van der Waals surface area contributed by atoms with Gasteiger partial charge in [-0.1, -0.05) is 12.8 Å². The Balaban J connectivity index is 3.26. The van der Waals surface area contributed by atoms with E-state index in [9.17, 15) is 14.4 Å². The van der Waals surface area contributed by atoms with Crippen molar-refractivity contribution in [2.45, 2.75) is 58.3 Å². The minimum absolute atomic E-state index is 0.0127. The Bertz CT molecular complexity index is 319. The van der Waals surface area contributed by atoms with E-state index in [-0.39, 0.29) is 17.7 Å². The summed E-state index contributed by atoms with van der Waals surface area (Å²) in [5.74, 6) is 0.0958. The van der Waals surface area contributed by atoms with Crippen LogP contribution in [0.3, 0.4) is 0 Å². The molecule has 0 rings (SSSR count). The molecule has 0 aromatic rings. The summed E-state index contributed by atoms with van der Waals surface area (Å²) in [4.78, 5) is 33.1. The topological polar surface area (TPSA) is 87.3 Å². The third kappa shape index (κ3) is 14.6. The number of hydrogen-bond donors (Lipinski definition) is 3. The zero-order valence-electron chi connectivity index (χ0n) is 13.3. The first-order valence-electron chi connectivity index (χ1n) is 7.78. The van der Waals surface area contributed by atoms with Crippen LogP contribution in [0.25, 0.3) is 0 Å². The summed E-state index contributed by atoms with van der Waals surface area (Å²) in [6.45, 7) is 2.95. The predicted molar refractivity (Wildman–Crippen MR) is 82.7 cm³/mol. The second-order valence-electron chi connectivity index (χ2n) is 5.13. The van der Waals surface area contributed by atoms with Gasteiger partial charge in [0.15, 0.2) is 0 Å². The monoisotopic (exact) mass is 299 g/mol. The molecule has 0 saturated heterocycles. The standard InChI is InChI=1S/C15H29N3O3/c1-13(19)17-11-7-3-4-8-12-18-15(21)10-6-5-9-14(20)16-2/h3-12H2,1-2H3,(H,16,20)(H,17,19)(H,18,21). The van der Waals surface area contributed by atoms with Gasteiger partial charge in [0, 0.05) is 39.9 Å². The number of amides is 3. The Hall–Kier alpha value is -1.59. The first kappa shape index (κ1) is 19.4. The summed E-state index contributed by atoms with van der Waals surface area (Å²) in [7, 11) is 1.62. The predicted octanol–water partition coefficient (Wildman–Crippen LogP) is 1.11. The number of hydrogen-bond acceptors (Lipinski definition) is 3. The maximum absolute atomic E-state index is 11.5. The van der Waals surface area contributed by atoms with Crippen LogP contribution < -0.4 is 16.0 Å². The maximum atomic E-state index is 11.5. The first-order chi connectivity index (χ1) is 10.1. The Morgan fingerprint density at radius 2 is 1.24 bits per heavy atom. The third-order valence-electron chi connectivity index (χ3n) is 3.14. The van der Waals surface area contributed by atoms with Gasteiger partial charge in [-0.3, -0.25) is 14.4 Å². The highest BCUT2D eigenvalue weighted by Gasteiger charge is 2.02. The number of nitrogens with one attached hydrogen (secondary N) is 3. The molecule has 0 heterocycles. The van der Waals surface area contributed by atoms with Crippen molar-refractivity contribution in [2.75, 3.05) is 20.1 Å². The third-order valence-corrected chi connectivity index (χ3v) is 3.14. The number of rotatable bonds is 12. The summed E-state index contributed by atoms with van der Waals surface area (Å²) in [6, 6.07) is 0. The van der Waals surface area contributed by atoms with E-state index in [1.165, 1.54) is 6.92 Å². The van der Waals surface area contributed by atoms with Gasteiger partial charge in [-0.25, -0.2) is 0 Å². The summed E-state index contributed by atoms with van der Waals surface area (Å²) in [6.07, 6.45) is 6.51. The zero-order chi connectivity index (χ0) is 15.9. The van der Waals surface area contributed by atoms with E-state index in [1.54, 1.807) is 7.05 Å². The number of unbranched alkanes of at least 4 members (excludes halogenated alkanes) is 4. The molecule has 3 N–H and O–H groups in total. The summed E-state index contributed by atoms with van der Waals surface area (Å²) in [5.41, 5.74) is 0. The highest BCUT2D eigenvalue weighted by Crippen LogP contribution is 2.01.